The van der Waals surface area contributed by atoms with Crippen LogP contribution in [0.15, 0.2) is 24.3 Å². The minimum Gasteiger partial charge on any atom is -0.354 e. The number of amides is 2. The van der Waals surface area contributed by atoms with Crippen molar-refractivity contribution in [3.8, 4) is 0 Å². The summed E-state index contributed by atoms with van der Waals surface area (Å²) in [7, 11) is 0. The van der Waals surface area contributed by atoms with E-state index in [-0.39, 0.29) is 11.8 Å². The maximum absolute atomic E-state index is 12.3. The van der Waals surface area contributed by atoms with Gasteiger partial charge in [0.2, 0.25) is 5.91 Å². The zero-order valence-electron chi connectivity index (χ0n) is 13.8. The zero-order valence-corrected chi connectivity index (χ0v) is 14.6. The molecule has 1 aromatic carbocycles. The summed E-state index contributed by atoms with van der Waals surface area (Å²) >= 11 is 1.67. The van der Waals surface area contributed by atoms with Crippen LogP contribution in [0.1, 0.15) is 36.2 Å². The molecule has 0 heterocycles. The van der Waals surface area contributed by atoms with Crippen LogP contribution in [0.25, 0.3) is 0 Å². The lowest BCUT2D eigenvalue weighted by Crippen LogP contribution is -2.47. The highest BCUT2D eigenvalue weighted by molar-refractivity contribution is 7.98. The standard InChI is InChI=1S/C17H26N2O2S/c1-12(2)11-18-17(21)15(8-9-22-4)19-16(20)14-7-5-6-13(3)10-14/h5-7,10,12,15H,8-9,11H2,1-4H3,(H,18,21)(H,19,20). The van der Waals surface area contributed by atoms with Crippen LogP contribution in [-0.2, 0) is 4.79 Å². The topological polar surface area (TPSA) is 58.2 Å². The third-order valence-electron chi connectivity index (χ3n) is 3.20. The van der Waals surface area contributed by atoms with Gasteiger partial charge in [-0.2, -0.15) is 11.8 Å². The third-order valence-corrected chi connectivity index (χ3v) is 3.84. The largest absolute Gasteiger partial charge is 0.354 e. The molecule has 0 radical (unpaired) electrons. The van der Waals surface area contributed by atoms with E-state index in [1.54, 1.807) is 17.8 Å². The van der Waals surface area contributed by atoms with Gasteiger partial charge in [-0.25, -0.2) is 0 Å². The smallest absolute Gasteiger partial charge is 0.251 e. The fourth-order valence-electron chi connectivity index (χ4n) is 1.96. The highest BCUT2D eigenvalue weighted by Gasteiger charge is 2.21. The van der Waals surface area contributed by atoms with E-state index in [1.807, 2.05) is 45.2 Å². The van der Waals surface area contributed by atoms with Gasteiger partial charge in [0, 0.05) is 12.1 Å². The van der Waals surface area contributed by atoms with Gasteiger partial charge in [0.1, 0.15) is 6.04 Å². The van der Waals surface area contributed by atoms with E-state index in [2.05, 4.69) is 10.6 Å². The van der Waals surface area contributed by atoms with Crippen molar-refractivity contribution < 1.29 is 9.59 Å². The molecule has 1 atom stereocenters. The first-order chi connectivity index (χ1) is 10.4. The van der Waals surface area contributed by atoms with Gasteiger partial charge in [0.05, 0.1) is 0 Å². The predicted molar refractivity (Wildman–Crippen MR) is 93.3 cm³/mol. The van der Waals surface area contributed by atoms with E-state index in [9.17, 15) is 9.59 Å². The normalized spacial score (nSPS) is 12.0. The Morgan fingerprint density at radius 3 is 2.59 bits per heavy atom. The Morgan fingerprint density at radius 1 is 1.27 bits per heavy atom. The first-order valence-corrected chi connectivity index (χ1v) is 8.97. The minimum absolute atomic E-state index is 0.108. The van der Waals surface area contributed by atoms with Crippen LogP contribution in [0.4, 0.5) is 0 Å². The van der Waals surface area contributed by atoms with E-state index in [4.69, 9.17) is 0 Å². The number of carbonyl (C=O) groups is 2. The average molecular weight is 322 g/mol. The van der Waals surface area contributed by atoms with Gasteiger partial charge in [-0.1, -0.05) is 31.5 Å². The molecule has 5 heteroatoms. The number of hydrogen-bond donors (Lipinski definition) is 2. The molecule has 0 saturated carbocycles. The van der Waals surface area contributed by atoms with Gasteiger partial charge in [-0.05, 0) is 43.4 Å². The fourth-order valence-corrected chi connectivity index (χ4v) is 2.43. The summed E-state index contributed by atoms with van der Waals surface area (Å²) in [5.41, 5.74) is 1.61. The summed E-state index contributed by atoms with van der Waals surface area (Å²) < 4.78 is 0. The summed E-state index contributed by atoms with van der Waals surface area (Å²) in [4.78, 5) is 24.6. The monoisotopic (exact) mass is 322 g/mol. The molecular formula is C17H26N2O2S. The van der Waals surface area contributed by atoms with Gasteiger partial charge >= 0.3 is 0 Å². The highest BCUT2D eigenvalue weighted by Crippen LogP contribution is 2.06. The molecule has 22 heavy (non-hydrogen) atoms. The van der Waals surface area contributed by atoms with Crippen molar-refractivity contribution in [1.29, 1.82) is 0 Å². The van der Waals surface area contributed by atoms with E-state index in [1.165, 1.54) is 0 Å². The number of hydrogen-bond acceptors (Lipinski definition) is 3. The number of rotatable bonds is 8. The van der Waals surface area contributed by atoms with Crippen molar-refractivity contribution >= 4 is 23.6 Å². The molecule has 1 rings (SSSR count). The van der Waals surface area contributed by atoms with Crippen LogP contribution in [-0.4, -0.2) is 36.4 Å². The molecule has 0 aliphatic heterocycles. The van der Waals surface area contributed by atoms with Crippen molar-refractivity contribution in [1.82, 2.24) is 10.6 Å². The summed E-state index contributed by atoms with van der Waals surface area (Å²) in [6, 6.07) is 6.89. The molecule has 122 valence electrons. The minimum atomic E-state index is -0.487. The van der Waals surface area contributed by atoms with Crippen molar-refractivity contribution in [2.75, 3.05) is 18.6 Å². The van der Waals surface area contributed by atoms with Crippen LogP contribution in [0.3, 0.4) is 0 Å². The fraction of sp³-hybridized carbons (Fsp3) is 0.529. The van der Waals surface area contributed by atoms with Crippen molar-refractivity contribution in [2.45, 2.75) is 33.2 Å². The Labute approximate surface area is 137 Å². The molecule has 1 aromatic rings. The molecule has 0 spiro atoms. The van der Waals surface area contributed by atoms with E-state index >= 15 is 0 Å². The second kappa shape index (κ2) is 9.51. The number of nitrogens with one attached hydrogen (secondary N) is 2. The highest BCUT2D eigenvalue weighted by atomic mass is 32.2. The maximum Gasteiger partial charge on any atom is 0.251 e. The number of aryl methyl sites for hydroxylation is 1. The molecule has 0 aliphatic rings. The Kier molecular flexibility index (Phi) is 8.02. The van der Waals surface area contributed by atoms with E-state index in [0.29, 0.717) is 24.4 Å². The second-order valence-electron chi connectivity index (χ2n) is 5.82. The van der Waals surface area contributed by atoms with Crippen LogP contribution in [0.2, 0.25) is 0 Å². The SMILES string of the molecule is CSCCC(NC(=O)c1cccc(C)c1)C(=O)NCC(C)C. The Morgan fingerprint density at radius 2 is 2.00 bits per heavy atom. The zero-order chi connectivity index (χ0) is 16.5. The first-order valence-electron chi connectivity index (χ1n) is 7.58. The maximum atomic E-state index is 12.3. The van der Waals surface area contributed by atoms with Crippen LogP contribution in [0, 0.1) is 12.8 Å². The number of thioether (sulfide) groups is 1. The second-order valence-corrected chi connectivity index (χ2v) is 6.80. The Hall–Kier alpha value is -1.49. The van der Waals surface area contributed by atoms with Gasteiger partial charge < -0.3 is 10.6 Å². The van der Waals surface area contributed by atoms with Gasteiger partial charge in [-0.15, -0.1) is 0 Å². The molecule has 0 saturated heterocycles. The van der Waals surface area contributed by atoms with Gasteiger partial charge in [0.15, 0.2) is 0 Å². The lowest BCUT2D eigenvalue weighted by Gasteiger charge is -2.19. The van der Waals surface area contributed by atoms with E-state index in [0.717, 1.165) is 11.3 Å². The molecule has 0 aliphatic carbocycles. The van der Waals surface area contributed by atoms with Crippen LogP contribution < -0.4 is 10.6 Å². The predicted octanol–water partition coefficient (Wildman–Crippen LogP) is 2.62. The Balaban J connectivity index is 2.71. The molecule has 0 fully saturated rings. The van der Waals surface area contributed by atoms with Crippen LogP contribution in [0.5, 0.6) is 0 Å². The van der Waals surface area contributed by atoms with Gasteiger partial charge in [0.25, 0.3) is 5.91 Å². The summed E-state index contributed by atoms with van der Waals surface area (Å²) in [5, 5.41) is 5.75. The Bertz CT molecular complexity index is 503. The van der Waals surface area contributed by atoms with Crippen LogP contribution >= 0.6 is 11.8 Å². The number of benzene rings is 1. The molecule has 0 aromatic heterocycles. The third kappa shape index (κ3) is 6.52. The van der Waals surface area contributed by atoms with Gasteiger partial charge in [-0.3, -0.25) is 9.59 Å². The average Bonchev–Trinajstić information content (AvgIpc) is 2.48. The molecular weight excluding hydrogens is 296 g/mol. The summed E-state index contributed by atoms with van der Waals surface area (Å²) in [6.45, 7) is 6.65. The quantitative estimate of drug-likeness (QED) is 0.773. The van der Waals surface area contributed by atoms with Crippen molar-refractivity contribution in [3.05, 3.63) is 35.4 Å². The molecule has 2 N–H and O–H groups in total. The molecule has 2 amide bonds. The molecule has 1 unspecified atom stereocenters. The lowest BCUT2D eigenvalue weighted by molar-refractivity contribution is -0.123. The summed E-state index contributed by atoms with van der Waals surface area (Å²) in [6.07, 6.45) is 2.62. The first kappa shape index (κ1) is 18.6. The summed E-state index contributed by atoms with van der Waals surface area (Å²) in [5.74, 6) is 0.907. The lowest BCUT2D eigenvalue weighted by atomic mass is 10.1. The number of carbonyl (C=O) groups excluding carboxylic acids is 2. The van der Waals surface area contributed by atoms with Crippen molar-refractivity contribution in [2.24, 2.45) is 5.92 Å². The van der Waals surface area contributed by atoms with E-state index < -0.39 is 6.04 Å². The molecule has 4 nitrogen and oxygen atoms in total. The van der Waals surface area contributed by atoms with Crippen molar-refractivity contribution in [3.63, 3.8) is 0 Å². The molecule has 0 bridgehead atoms.